The van der Waals surface area contributed by atoms with Gasteiger partial charge in [-0.2, -0.15) is 0 Å². The number of ether oxygens (including phenoxy) is 2. The van der Waals surface area contributed by atoms with Crippen LogP contribution in [0.25, 0.3) is 0 Å². The van der Waals surface area contributed by atoms with E-state index in [1.165, 1.54) is 6.33 Å². The highest BCUT2D eigenvalue weighted by Crippen LogP contribution is 2.21. The molecule has 0 aromatic carbocycles. The predicted octanol–water partition coefficient (Wildman–Crippen LogP) is 1.77. The van der Waals surface area contributed by atoms with Crippen LogP contribution in [0, 0.1) is 0 Å². The van der Waals surface area contributed by atoms with Crippen molar-refractivity contribution in [3.63, 3.8) is 0 Å². The minimum Gasteiger partial charge on any atom is -0.461 e. The second-order valence-corrected chi connectivity index (χ2v) is 5.28. The largest absolute Gasteiger partial charge is 0.461 e. The SMILES string of the molecule is CCOC(=O)c1[nH]cnc1C(=O)NC[C@H](OC)c1cccs1. The van der Waals surface area contributed by atoms with Crippen molar-refractivity contribution in [3.05, 3.63) is 40.1 Å². The Morgan fingerprint density at radius 3 is 2.95 bits per heavy atom. The van der Waals surface area contributed by atoms with Gasteiger partial charge >= 0.3 is 5.97 Å². The molecule has 1 amide bonds. The first-order valence-corrected chi connectivity index (χ1v) is 7.60. The Kier molecular flexibility index (Phi) is 5.68. The summed E-state index contributed by atoms with van der Waals surface area (Å²) < 4.78 is 10.2. The summed E-state index contributed by atoms with van der Waals surface area (Å²) in [5.74, 6) is -1.06. The predicted molar refractivity (Wildman–Crippen MR) is 80.9 cm³/mol. The first-order valence-electron chi connectivity index (χ1n) is 6.72. The standard InChI is InChI=1S/C14H17N3O4S/c1-3-21-14(19)12-11(16-8-17-12)13(18)15-7-9(20-2)10-5-4-6-22-10/h4-6,8-9H,3,7H2,1-2H3,(H,15,18)(H,16,17)/t9-/m0/s1. The van der Waals surface area contributed by atoms with Crippen molar-refractivity contribution in [1.82, 2.24) is 15.3 Å². The summed E-state index contributed by atoms with van der Waals surface area (Å²) in [5.41, 5.74) is 0.0592. The van der Waals surface area contributed by atoms with Gasteiger partial charge in [0.05, 0.1) is 12.9 Å². The van der Waals surface area contributed by atoms with Crippen molar-refractivity contribution in [1.29, 1.82) is 0 Å². The molecule has 0 aliphatic rings. The molecule has 0 unspecified atom stereocenters. The van der Waals surface area contributed by atoms with E-state index in [2.05, 4.69) is 15.3 Å². The van der Waals surface area contributed by atoms with Crippen LogP contribution in [0.3, 0.4) is 0 Å². The third-order valence-corrected chi connectivity index (χ3v) is 3.89. The average molecular weight is 323 g/mol. The van der Waals surface area contributed by atoms with Gasteiger partial charge in [-0.1, -0.05) is 6.07 Å². The number of carbonyl (C=O) groups excluding carboxylic acids is 2. The van der Waals surface area contributed by atoms with Crippen LogP contribution in [0.4, 0.5) is 0 Å². The van der Waals surface area contributed by atoms with Gasteiger partial charge in [-0.25, -0.2) is 9.78 Å². The van der Waals surface area contributed by atoms with E-state index in [-0.39, 0.29) is 30.6 Å². The van der Waals surface area contributed by atoms with Crippen LogP contribution in [0.2, 0.25) is 0 Å². The number of nitrogens with zero attached hydrogens (tertiary/aromatic N) is 1. The van der Waals surface area contributed by atoms with Gasteiger partial charge in [0.2, 0.25) is 0 Å². The smallest absolute Gasteiger partial charge is 0.357 e. The number of carbonyl (C=O) groups is 2. The molecule has 8 heteroatoms. The quantitative estimate of drug-likeness (QED) is 0.757. The molecular formula is C14H17N3O4S. The molecule has 22 heavy (non-hydrogen) atoms. The molecule has 2 aromatic heterocycles. The zero-order valence-electron chi connectivity index (χ0n) is 12.3. The number of nitrogens with one attached hydrogen (secondary N) is 2. The Bertz CT molecular complexity index is 624. The van der Waals surface area contributed by atoms with Crippen LogP contribution in [-0.4, -0.2) is 42.1 Å². The lowest BCUT2D eigenvalue weighted by Gasteiger charge is -2.14. The summed E-state index contributed by atoms with van der Waals surface area (Å²) >= 11 is 1.55. The Labute approximate surface area is 131 Å². The monoisotopic (exact) mass is 323 g/mol. The van der Waals surface area contributed by atoms with Crippen LogP contribution in [0.5, 0.6) is 0 Å². The number of hydrogen-bond acceptors (Lipinski definition) is 6. The van der Waals surface area contributed by atoms with E-state index < -0.39 is 11.9 Å². The Morgan fingerprint density at radius 2 is 2.32 bits per heavy atom. The molecule has 0 radical (unpaired) electrons. The van der Waals surface area contributed by atoms with Gasteiger partial charge in [0.1, 0.15) is 6.10 Å². The summed E-state index contributed by atoms with van der Waals surface area (Å²) in [7, 11) is 1.58. The molecule has 2 N–H and O–H groups in total. The number of thiophene rings is 1. The minimum atomic E-state index is -0.605. The zero-order chi connectivity index (χ0) is 15.9. The fraction of sp³-hybridized carbons (Fsp3) is 0.357. The molecule has 2 rings (SSSR count). The van der Waals surface area contributed by atoms with Crippen LogP contribution in [-0.2, 0) is 9.47 Å². The topological polar surface area (TPSA) is 93.3 Å². The molecule has 0 spiro atoms. The summed E-state index contributed by atoms with van der Waals surface area (Å²) in [5, 5.41) is 4.65. The first kappa shape index (κ1) is 16.2. The van der Waals surface area contributed by atoms with Crippen LogP contribution < -0.4 is 5.32 Å². The lowest BCUT2D eigenvalue weighted by molar-refractivity contribution is 0.0515. The number of aromatic nitrogens is 2. The van der Waals surface area contributed by atoms with Crippen LogP contribution in [0.1, 0.15) is 38.9 Å². The minimum absolute atomic E-state index is 0.0134. The Hall–Kier alpha value is -2.19. The average Bonchev–Trinajstić information content (AvgIpc) is 3.19. The third kappa shape index (κ3) is 3.71. The van der Waals surface area contributed by atoms with Gasteiger partial charge in [-0.15, -0.1) is 11.3 Å². The second kappa shape index (κ2) is 7.71. The van der Waals surface area contributed by atoms with Gasteiger partial charge in [0, 0.05) is 18.5 Å². The maximum atomic E-state index is 12.2. The Morgan fingerprint density at radius 1 is 1.50 bits per heavy atom. The Balaban J connectivity index is 2.01. The van der Waals surface area contributed by atoms with Crippen LogP contribution >= 0.6 is 11.3 Å². The number of rotatable bonds is 7. The van der Waals surface area contributed by atoms with E-state index in [4.69, 9.17) is 9.47 Å². The van der Waals surface area contributed by atoms with Crippen molar-refractivity contribution >= 4 is 23.2 Å². The molecule has 118 valence electrons. The van der Waals surface area contributed by atoms with E-state index >= 15 is 0 Å². The number of hydrogen-bond donors (Lipinski definition) is 2. The maximum Gasteiger partial charge on any atom is 0.357 e. The van der Waals surface area contributed by atoms with E-state index in [0.717, 1.165) is 4.88 Å². The van der Waals surface area contributed by atoms with Gasteiger partial charge in [-0.3, -0.25) is 4.79 Å². The molecule has 0 aliphatic heterocycles. The van der Waals surface area contributed by atoms with E-state index in [9.17, 15) is 9.59 Å². The maximum absolute atomic E-state index is 12.2. The lowest BCUT2D eigenvalue weighted by atomic mass is 10.2. The van der Waals surface area contributed by atoms with Gasteiger partial charge in [0.15, 0.2) is 11.4 Å². The van der Waals surface area contributed by atoms with Gasteiger partial charge in [0.25, 0.3) is 5.91 Å². The highest BCUT2D eigenvalue weighted by atomic mass is 32.1. The number of aromatic amines is 1. The summed E-state index contributed by atoms with van der Waals surface area (Å²) in [6, 6.07) is 3.85. The molecule has 0 saturated carbocycles. The van der Waals surface area contributed by atoms with Gasteiger partial charge in [-0.05, 0) is 18.4 Å². The van der Waals surface area contributed by atoms with Crippen molar-refractivity contribution in [3.8, 4) is 0 Å². The normalized spacial score (nSPS) is 11.9. The lowest BCUT2D eigenvalue weighted by Crippen LogP contribution is -2.30. The number of imidazole rings is 1. The van der Waals surface area contributed by atoms with Crippen molar-refractivity contribution in [2.45, 2.75) is 13.0 Å². The fourth-order valence-corrected chi connectivity index (χ4v) is 2.67. The molecule has 7 nitrogen and oxygen atoms in total. The summed E-state index contributed by atoms with van der Waals surface area (Å²) in [6.45, 7) is 2.20. The molecule has 1 atom stereocenters. The fourth-order valence-electron chi connectivity index (χ4n) is 1.87. The molecule has 2 heterocycles. The van der Waals surface area contributed by atoms with E-state index in [1.807, 2.05) is 17.5 Å². The number of esters is 1. The molecular weight excluding hydrogens is 306 g/mol. The number of methoxy groups -OCH3 is 1. The summed E-state index contributed by atoms with van der Waals surface area (Å²) in [4.78, 5) is 31.4. The summed E-state index contributed by atoms with van der Waals surface area (Å²) in [6.07, 6.45) is 1.04. The molecule has 0 bridgehead atoms. The van der Waals surface area contributed by atoms with E-state index in [1.54, 1.807) is 25.4 Å². The molecule has 0 aliphatic carbocycles. The van der Waals surface area contributed by atoms with Crippen molar-refractivity contribution in [2.75, 3.05) is 20.3 Å². The molecule has 0 saturated heterocycles. The van der Waals surface area contributed by atoms with Crippen molar-refractivity contribution in [2.24, 2.45) is 0 Å². The highest BCUT2D eigenvalue weighted by molar-refractivity contribution is 7.10. The second-order valence-electron chi connectivity index (χ2n) is 4.30. The van der Waals surface area contributed by atoms with Crippen molar-refractivity contribution < 1.29 is 19.1 Å². The van der Waals surface area contributed by atoms with E-state index in [0.29, 0.717) is 0 Å². The first-order chi connectivity index (χ1) is 10.7. The number of amides is 1. The highest BCUT2D eigenvalue weighted by Gasteiger charge is 2.22. The molecule has 0 fully saturated rings. The van der Waals surface area contributed by atoms with Gasteiger partial charge < -0.3 is 19.8 Å². The zero-order valence-corrected chi connectivity index (χ0v) is 13.1. The van der Waals surface area contributed by atoms with Crippen LogP contribution in [0.15, 0.2) is 23.8 Å². The molecule has 2 aromatic rings. The number of H-pyrrole nitrogens is 1. The third-order valence-electron chi connectivity index (χ3n) is 2.93.